The first-order chi connectivity index (χ1) is 36.7. The van der Waals surface area contributed by atoms with Crippen molar-refractivity contribution in [1.82, 2.24) is 44.7 Å². The molecular weight excluding hydrogens is 996 g/mol. The van der Waals surface area contributed by atoms with Crippen LogP contribution in [0.5, 0.6) is 6.01 Å². The van der Waals surface area contributed by atoms with Crippen LogP contribution in [0.15, 0.2) is 61.4 Å². The van der Waals surface area contributed by atoms with Crippen molar-refractivity contribution in [1.29, 1.82) is 5.26 Å². The summed E-state index contributed by atoms with van der Waals surface area (Å²) in [6.07, 6.45) is 7.60. The number of nitrogens with one attached hydrogen (secondary N) is 1. The number of carbonyl (C=O) groups is 5. The Bertz CT molecular complexity index is 2560. The van der Waals surface area contributed by atoms with Gasteiger partial charge in [0.2, 0.25) is 11.8 Å². The van der Waals surface area contributed by atoms with E-state index in [4.69, 9.17) is 26.3 Å². The SMILES string of the molecule is C=CC(=O)N1CCN(c2nc(OC(=C)[C@@H]3CCCN3CCCCCCNC(=O)CN3CCN(CC(=O)O)CCN(CC(=O)O)CCN(CC(=O)O)CC3)nc3c2CCN(c2cccc4cccc(Cl)c24)C3)C[C@@H]1CC#N. The van der Waals surface area contributed by atoms with Gasteiger partial charge >= 0.3 is 23.9 Å². The summed E-state index contributed by atoms with van der Waals surface area (Å²) in [5, 5.41) is 44.0. The fourth-order valence-corrected chi connectivity index (χ4v) is 11.2. The summed E-state index contributed by atoms with van der Waals surface area (Å²) < 4.78 is 6.57. The molecule has 5 heterocycles. The normalized spacial score (nSPS) is 19.8. The molecule has 0 saturated carbocycles. The van der Waals surface area contributed by atoms with Gasteiger partial charge in [0.15, 0.2) is 0 Å². The highest BCUT2D eigenvalue weighted by Gasteiger charge is 2.35. The molecule has 21 nitrogen and oxygen atoms in total. The summed E-state index contributed by atoms with van der Waals surface area (Å²) in [5.41, 5.74) is 2.87. The van der Waals surface area contributed by atoms with Gasteiger partial charge in [-0.3, -0.25) is 48.5 Å². The number of carbonyl (C=O) groups excluding carboxylic acids is 2. The molecule has 3 aromatic rings. The minimum Gasteiger partial charge on any atom is -0.480 e. The Balaban J connectivity index is 0.927. The maximum absolute atomic E-state index is 13.2. The number of ether oxygens (including phenoxy) is 1. The molecule has 2 aromatic carbocycles. The summed E-state index contributed by atoms with van der Waals surface area (Å²) in [6, 6.07) is 14.2. The van der Waals surface area contributed by atoms with Crippen molar-refractivity contribution in [3.05, 3.63) is 77.7 Å². The van der Waals surface area contributed by atoms with Gasteiger partial charge in [0.1, 0.15) is 11.6 Å². The van der Waals surface area contributed by atoms with Gasteiger partial charge in [-0.15, -0.1) is 0 Å². The second-order valence-electron chi connectivity index (χ2n) is 20.1. The Hall–Kier alpha value is -6.41. The number of amides is 2. The first kappa shape index (κ1) is 57.3. The third kappa shape index (κ3) is 16.1. The standard InChI is InChI=1S/C54H73ClN12O9/c1-3-48(69)67-32-31-66(33-41(67)16-18-56)53-42-17-22-65(46-14-9-12-40-11-8-13-43(55)52(40)46)34-44(42)58-54(59-53)76-39(2)45-15-10-21-64(45)20-7-5-4-6-19-57-47(68)35-60-23-25-61(36-49(70)71)27-29-63(38-51(74)75)30-28-62(26-24-60)37-50(72)73/h3,8-9,11-14,41,45H,1-2,4-7,10,15-17,19-38H2,(H,57,68)(H,70,71)(H,72,73)(H,74,75)/t41-,45-/m0/s1. The Kier molecular flexibility index (Phi) is 21.2. The maximum atomic E-state index is 13.2. The fraction of sp³-hybridized carbons (Fsp3) is 0.556. The van der Waals surface area contributed by atoms with Crippen molar-refractivity contribution in [3.8, 4) is 12.1 Å². The number of aliphatic carboxylic acids is 3. The Morgan fingerprint density at radius 1 is 0.776 bits per heavy atom. The van der Waals surface area contributed by atoms with Crippen LogP contribution in [-0.4, -0.2) is 221 Å². The van der Waals surface area contributed by atoms with Crippen LogP contribution in [-0.2, 0) is 36.9 Å². The fourth-order valence-electron chi connectivity index (χ4n) is 10.9. The van der Waals surface area contributed by atoms with Crippen LogP contribution in [0.1, 0.15) is 56.2 Å². The van der Waals surface area contributed by atoms with Gasteiger partial charge in [-0.2, -0.15) is 15.2 Å². The van der Waals surface area contributed by atoms with Crippen molar-refractivity contribution >= 4 is 63.6 Å². The van der Waals surface area contributed by atoms with Gasteiger partial charge in [-0.25, -0.2) is 0 Å². The smallest absolute Gasteiger partial charge is 0.323 e. The van der Waals surface area contributed by atoms with Gasteiger partial charge in [-0.1, -0.05) is 61.9 Å². The zero-order chi connectivity index (χ0) is 54.1. The molecule has 2 amide bonds. The number of benzene rings is 2. The Labute approximate surface area is 449 Å². The zero-order valence-electron chi connectivity index (χ0n) is 43.5. The number of halogens is 1. The quantitative estimate of drug-likeness (QED) is 0.0640. The largest absolute Gasteiger partial charge is 0.480 e. The van der Waals surface area contributed by atoms with Crippen LogP contribution in [0, 0.1) is 11.3 Å². The van der Waals surface area contributed by atoms with Gasteiger partial charge in [0.25, 0.3) is 0 Å². The Morgan fingerprint density at radius 3 is 2.01 bits per heavy atom. The number of hydrogen-bond donors (Lipinski definition) is 4. The highest BCUT2D eigenvalue weighted by molar-refractivity contribution is 6.36. The van der Waals surface area contributed by atoms with E-state index in [1.807, 2.05) is 23.1 Å². The van der Waals surface area contributed by atoms with Crippen LogP contribution in [0.2, 0.25) is 5.02 Å². The number of aromatic nitrogens is 2. The molecule has 22 heteroatoms. The number of carboxylic acids is 3. The lowest BCUT2D eigenvalue weighted by Gasteiger charge is -2.42. The van der Waals surface area contributed by atoms with Crippen molar-refractivity contribution < 1.29 is 44.0 Å². The van der Waals surface area contributed by atoms with E-state index >= 15 is 0 Å². The van der Waals surface area contributed by atoms with Crippen LogP contribution >= 0.6 is 11.6 Å². The molecule has 4 aliphatic heterocycles. The molecule has 2 atom stereocenters. The van der Waals surface area contributed by atoms with E-state index in [9.17, 15) is 44.6 Å². The van der Waals surface area contributed by atoms with E-state index < -0.39 is 17.9 Å². The molecule has 4 N–H and O–H groups in total. The summed E-state index contributed by atoms with van der Waals surface area (Å²) in [7, 11) is 0. The summed E-state index contributed by atoms with van der Waals surface area (Å²) in [4.78, 5) is 86.7. The van der Waals surface area contributed by atoms with Gasteiger partial charge in [0, 0.05) is 102 Å². The highest BCUT2D eigenvalue weighted by Crippen LogP contribution is 2.38. The van der Waals surface area contributed by atoms with E-state index in [1.165, 1.54) is 6.08 Å². The molecule has 1 aromatic heterocycles. The number of hydrogen-bond acceptors (Lipinski definition) is 16. The van der Waals surface area contributed by atoms with Crippen molar-refractivity contribution in [3.63, 3.8) is 0 Å². The third-order valence-electron chi connectivity index (χ3n) is 14.8. The lowest BCUT2D eigenvalue weighted by molar-refractivity contribution is -0.140. The van der Waals surface area contributed by atoms with E-state index in [0.717, 1.165) is 85.1 Å². The predicted molar refractivity (Wildman–Crippen MR) is 288 cm³/mol. The summed E-state index contributed by atoms with van der Waals surface area (Å²) in [5.74, 6) is -2.07. The maximum Gasteiger partial charge on any atom is 0.323 e. The van der Waals surface area contributed by atoms with Gasteiger partial charge in [0.05, 0.1) is 68.0 Å². The average molecular weight is 1070 g/mol. The van der Waals surface area contributed by atoms with E-state index in [1.54, 1.807) is 19.6 Å². The van der Waals surface area contributed by atoms with Crippen molar-refractivity contribution in [2.45, 2.75) is 70.0 Å². The van der Waals surface area contributed by atoms with Crippen molar-refractivity contribution in [2.24, 2.45) is 0 Å². The van der Waals surface area contributed by atoms with Gasteiger partial charge < -0.3 is 40.1 Å². The van der Waals surface area contributed by atoms with Crippen LogP contribution in [0.3, 0.4) is 0 Å². The molecule has 0 radical (unpaired) electrons. The molecule has 7 rings (SSSR count). The van der Waals surface area contributed by atoms with E-state index in [-0.39, 0.29) is 62.5 Å². The molecule has 410 valence electrons. The topological polar surface area (TPSA) is 243 Å². The monoisotopic (exact) mass is 1070 g/mol. The molecule has 0 bridgehead atoms. The molecule has 76 heavy (non-hydrogen) atoms. The van der Waals surface area contributed by atoms with Crippen LogP contribution in [0.4, 0.5) is 11.5 Å². The number of rotatable bonds is 22. The average Bonchev–Trinajstić information content (AvgIpc) is 3.87. The number of nitrogens with zero attached hydrogens (tertiary/aromatic N) is 11. The first-order valence-corrected chi connectivity index (χ1v) is 26.9. The van der Waals surface area contributed by atoms with E-state index in [0.29, 0.717) is 109 Å². The minimum absolute atomic E-state index is 0.0324. The van der Waals surface area contributed by atoms with Gasteiger partial charge in [-0.05, 0) is 68.8 Å². The first-order valence-electron chi connectivity index (χ1n) is 26.5. The van der Waals surface area contributed by atoms with E-state index in [2.05, 4.69) is 57.4 Å². The number of anilines is 2. The second kappa shape index (κ2) is 28.1. The Morgan fingerprint density at radius 2 is 1.39 bits per heavy atom. The molecule has 0 unspecified atom stereocenters. The molecule has 0 aliphatic carbocycles. The number of carboxylic acid groups (broad SMARTS) is 3. The number of unbranched alkanes of at least 4 members (excludes halogenated alkanes) is 3. The summed E-state index contributed by atoms with van der Waals surface area (Å²) in [6.45, 7) is 14.9. The highest BCUT2D eigenvalue weighted by atomic mass is 35.5. The number of nitriles is 1. The molecule has 4 aliphatic rings. The summed E-state index contributed by atoms with van der Waals surface area (Å²) >= 11 is 6.80. The lowest BCUT2D eigenvalue weighted by atomic mass is 10.0. The second-order valence-corrected chi connectivity index (χ2v) is 20.5. The third-order valence-corrected chi connectivity index (χ3v) is 15.1. The molecule has 3 saturated heterocycles. The minimum atomic E-state index is -1.02. The zero-order valence-corrected chi connectivity index (χ0v) is 44.3. The molecule has 3 fully saturated rings. The van der Waals surface area contributed by atoms with Crippen LogP contribution < -0.4 is 19.9 Å². The molecule has 0 spiro atoms. The lowest BCUT2D eigenvalue weighted by Crippen LogP contribution is -2.55. The number of fused-ring (bicyclic) bond motifs is 2. The molecular formula is C54H73ClN12O9. The predicted octanol–water partition coefficient (Wildman–Crippen LogP) is 3.47. The van der Waals surface area contributed by atoms with Crippen LogP contribution in [0.25, 0.3) is 10.8 Å². The number of piperazine rings is 1. The number of likely N-dealkylation sites (tertiary alicyclic amines) is 1. The van der Waals surface area contributed by atoms with Crippen molar-refractivity contribution in [2.75, 3.05) is 134 Å².